The molecule has 0 amide bonds. The van der Waals surface area contributed by atoms with Crippen molar-refractivity contribution in [3.05, 3.63) is 24.3 Å². The van der Waals surface area contributed by atoms with E-state index < -0.39 is 16.1 Å². The topological polar surface area (TPSA) is 66.8 Å². The van der Waals surface area contributed by atoms with Crippen LogP contribution in [0, 0.1) is 0 Å². The summed E-state index contributed by atoms with van der Waals surface area (Å²) in [7, 11) is -2.04. The number of aliphatic hydroxyl groups is 1. The van der Waals surface area contributed by atoms with Gasteiger partial charge >= 0.3 is 0 Å². The van der Waals surface area contributed by atoms with Gasteiger partial charge in [-0.25, -0.2) is 8.42 Å². The second-order valence-electron chi connectivity index (χ2n) is 5.34. The highest BCUT2D eigenvalue weighted by atomic mass is 32.2. The molecule has 1 aromatic rings. The van der Waals surface area contributed by atoms with Crippen molar-refractivity contribution in [2.45, 2.75) is 49.6 Å². The molecule has 21 heavy (non-hydrogen) atoms. The van der Waals surface area contributed by atoms with Crippen LogP contribution in [0.4, 0.5) is 0 Å². The van der Waals surface area contributed by atoms with Crippen LogP contribution >= 0.6 is 0 Å². The highest BCUT2D eigenvalue weighted by Crippen LogP contribution is 2.27. The first kappa shape index (κ1) is 16.3. The Morgan fingerprint density at radius 1 is 1.24 bits per heavy atom. The van der Waals surface area contributed by atoms with Gasteiger partial charge in [-0.2, -0.15) is 4.31 Å². The van der Waals surface area contributed by atoms with Gasteiger partial charge in [0.25, 0.3) is 0 Å². The van der Waals surface area contributed by atoms with Crippen LogP contribution in [-0.2, 0) is 10.0 Å². The number of sulfonamides is 1. The fraction of sp³-hybridized carbons (Fsp3) is 0.600. The number of hydrogen-bond donors (Lipinski definition) is 1. The second-order valence-corrected chi connectivity index (χ2v) is 7.34. The maximum Gasteiger partial charge on any atom is 0.243 e. The lowest BCUT2D eigenvalue weighted by molar-refractivity contribution is 0.0638. The minimum atomic E-state index is -3.59. The molecule has 1 saturated carbocycles. The van der Waals surface area contributed by atoms with Gasteiger partial charge in [0.05, 0.1) is 23.6 Å². The van der Waals surface area contributed by atoms with Crippen LogP contribution in [0.3, 0.4) is 0 Å². The molecule has 0 saturated heterocycles. The Morgan fingerprint density at radius 3 is 2.43 bits per heavy atom. The summed E-state index contributed by atoms with van der Waals surface area (Å²) in [5.74, 6) is 0.650. The van der Waals surface area contributed by atoms with E-state index in [0.29, 0.717) is 25.2 Å². The zero-order valence-corrected chi connectivity index (χ0v) is 13.3. The third-order valence-corrected chi connectivity index (χ3v) is 5.87. The summed E-state index contributed by atoms with van der Waals surface area (Å²) >= 11 is 0. The lowest BCUT2D eigenvalue weighted by Crippen LogP contribution is -2.46. The molecule has 0 spiro atoms. The third kappa shape index (κ3) is 3.56. The predicted octanol–water partition coefficient (Wildman–Crippen LogP) is 2.01. The van der Waals surface area contributed by atoms with Gasteiger partial charge < -0.3 is 9.84 Å². The zero-order valence-electron chi connectivity index (χ0n) is 12.5. The van der Waals surface area contributed by atoms with E-state index in [4.69, 9.17) is 4.74 Å². The van der Waals surface area contributed by atoms with Gasteiger partial charge in [-0.3, -0.25) is 0 Å². The summed E-state index contributed by atoms with van der Waals surface area (Å²) < 4.78 is 31.9. The average molecular weight is 313 g/mol. The van der Waals surface area contributed by atoms with Crippen LogP contribution in [-0.4, -0.2) is 43.6 Å². The quantitative estimate of drug-likeness (QED) is 0.903. The molecule has 1 aliphatic carbocycles. The summed E-state index contributed by atoms with van der Waals surface area (Å²) in [6, 6.07) is 6.07. The summed E-state index contributed by atoms with van der Waals surface area (Å²) in [5, 5.41) is 10.0. The van der Waals surface area contributed by atoms with E-state index >= 15 is 0 Å². The van der Waals surface area contributed by atoms with E-state index in [0.717, 1.165) is 12.8 Å². The van der Waals surface area contributed by atoms with Crippen molar-refractivity contribution in [1.82, 2.24) is 4.31 Å². The van der Waals surface area contributed by atoms with Crippen molar-refractivity contribution in [1.29, 1.82) is 0 Å². The molecule has 1 aromatic carbocycles. The van der Waals surface area contributed by atoms with Crippen LogP contribution < -0.4 is 4.74 Å². The number of aliphatic hydroxyl groups excluding tert-OH is 1. The van der Waals surface area contributed by atoms with Crippen molar-refractivity contribution < 1.29 is 18.3 Å². The molecule has 2 rings (SSSR count). The third-order valence-electron chi connectivity index (χ3n) is 3.97. The first-order valence-corrected chi connectivity index (χ1v) is 8.79. The Morgan fingerprint density at radius 2 is 1.86 bits per heavy atom. The first-order chi connectivity index (χ1) is 9.96. The van der Waals surface area contributed by atoms with Crippen LogP contribution in [0.1, 0.15) is 32.6 Å². The lowest BCUT2D eigenvalue weighted by Gasteiger charge is -2.34. The van der Waals surface area contributed by atoms with Gasteiger partial charge in [0.2, 0.25) is 10.0 Å². The van der Waals surface area contributed by atoms with Gasteiger partial charge in [-0.15, -0.1) is 0 Å². The summed E-state index contributed by atoms with van der Waals surface area (Å²) in [5.41, 5.74) is 0. The maximum absolute atomic E-state index is 12.6. The molecule has 0 aromatic heterocycles. The van der Waals surface area contributed by atoms with E-state index in [2.05, 4.69) is 0 Å². The summed E-state index contributed by atoms with van der Waals surface area (Å²) in [6.07, 6.45) is 2.68. The van der Waals surface area contributed by atoms with Crippen molar-refractivity contribution in [2.75, 3.05) is 13.7 Å². The van der Waals surface area contributed by atoms with Crippen molar-refractivity contribution in [3.63, 3.8) is 0 Å². The molecule has 0 bridgehead atoms. The smallest absolute Gasteiger partial charge is 0.243 e. The highest BCUT2D eigenvalue weighted by Gasteiger charge is 2.34. The normalized spacial score (nSPS) is 23.2. The largest absolute Gasteiger partial charge is 0.494 e. The van der Waals surface area contributed by atoms with E-state index in [1.807, 2.05) is 6.92 Å². The lowest BCUT2D eigenvalue weighted by atomic mass is 9.93. The molecule has 0 radical (unpaired) electrons. The predicted molar refractivity (Wildman–Crippen MR) is 80.8 cm³/mol. The molecule has 5 nitrogen and oxygen atoms in total. The molecule has 2 atom stereocenters. The summed E-state index contributed by atoms with van der Waals surface area (Å²) in [4.78, 5) is 0.228. The van der Waals surface area contributed by atoms with Gasteiger partial charge in [0, 0.05) is 7.05 Å². The molecule has 1 fully saturated rings. The zero-order chi connectivity index (χ0) is 15.5. The van der Waals surface area contributed by atoms with Crippen LogP contribution in [0.25, 0.3) is 0 Å². The second kappa shape index (κ2) is 6.77. The molecule has 0 unspecified atom stereocenters. The number of rotatable bonds is 5. The molecule has 6 heteroatoms. The minimum Gasteiger partial charge on any atom is -0.494 e. The monoisotopic (exact) mass is 313 g/mol. The van der Waals surface area contributed by atoms with Crippen molar-refractivity contribution >= 4 is 10.0 Å². The maximum atomic E-state index is 12.6. The molecule has 0 heterocycles. The Bertz CT molecular complexity index is 556. The van der Waals surface area contributed by atoms with Crippen molar-refractivity contribution in [2.24, 2.45) is 0 Å². The number of nitrogens with zero attached hydrogens (tertiary/aromatic N) is 1. The molecule has 0 aliphatic heterocycles. The molecular weight excluding hydrogens is 290 g/mol. The van der Waals surface area contributed by atoms with E-state index in [1.165, 1.54) is 4.31 Å². The molecule has 1 N–H and O–H groups in total. The van der Waals surface area contributed by atoms with Gasteiger partial charge in [0.1, 0.15) is 5.75 Å². The Balaban J connectivity index is 2.19. The fourth-order valence-electron chi connectivity index (χ4n) is 2.73. The number of hydrogen-bond acceptors (Lipinski definition) is 4. The number of likely N-dealkylation sites (N-methyl/N-ethyl adjacent to an activating group) is 1. The summed E-state index contributed by atoms with van der Waals surface area (Å²) in [6.45, 7) is 2.42. The number of benzene rings is 1. The Hall–Kier alpha value is -1.11. The van der Waals surface area contributed by atoms with E-state index in [1.54, 1.807) is 31.3 Å². The standard InChI is InChI=1S/C15H23NO4S/c1-3-20-12-8-10-13(11-9-12)21(18,19)16(2)14-6-4-5-7-15(14)17/h8-11,14-15,17H,3-7H2,1-2H3/t14-,15-/m1/s1. The van der Waals surface area contributed by atoms with Crippen LogP contribution in [0.5, 0.6) is 5.75 Å². The van der Waals surface area contributed by atoms with Crippen LogP contribution in [0.15, 0.2) is 29.2 Å². The average Bonchev–Trinajstić information content (AvgIpc) is 2.48. The van der Waals surface area contributed by atoms with E-state index in [-0.39, 0.29) is 10.9 Å². The first-order valence-electron chi connectivity index (χ1n) is 7.35. The molecule has 118 valence electrons. The highest BCUT2D eigenvalue weighted by molar-refractivity contribution is 7.89. The van der Waals surface area contributed by atoms with Gasteiger partial charge in [-0.05, 0) is 44.0 Å². The van der Waals surface area contributed by atoms with Gasteiger partial charge in [-0.1, -0.05) is 12.8 Å². The van der Waals surface area contributed by atoms with Crippen molar-refractivity contribution in [3.8, 4) is 5.75 Å². The number of ether oxygens (including phenoxy) is 1. The Kier molecular flexibility index (Phi) is 5.24. The SMILES string of the molecule is CCOc1ccc(S(=O)(=O)N(C)[C@@H]2CCCC[C@H]2O)cc1. The van der Waals surface area contributed by atoms with Crippen LogP contribution in [0.2, 0.25) is 0 Å². The molecular formula is C15H23NO4S. The minimum absolute atomic E-state index is 0.228. The fourth-order valence-corrected chi connectivity index (χ4v) is 4.15. The van der Waals surface area contributed by atoms with E-state index in [9.17, 15) is 13.5 Å². The Labute approximate surface area is 126 Å². The molecule has 1 aliphatic rings. The van der Waals surface area contributed by atoms with Gasteiger partial charge in [0.15, 0.2) is 0 Å².